The minimum atomic E-state index is 0.315. The molecule has 0 saturated heterocycles. The van der Waals surface area contributed by atoms with Crippen LogP contribution in [-0.4, -0.2) is 9.55 Å². The van der Waals surface area contributed by atoms with E-state index in [0.717, 1.165) is 22.2 Å². The maximum absolute atomic E-state index is 8.96. The quantitative estimate of drug-likeness (QED) is 0.778. The number of nitriles is 1. The maximum Gasteiger partial charge on any atom is 0.178 e. The summed E-state index contributed by atoms with van der Waals surface area (Å²) in [7, 11) is 0. The van der Waals surface area contributed by atoms with Crippen molar-refractivity contribution in [1.82, 2.24) is 9.55 Å². The second kappa shape index (κ2) is 3.21. The van der Waals surface area contributed by atoms with Crippen molar-refractivity contribution in [3.05, 3.63) is 28.5 Å². The summed E-state index contributed by atoms with van der Waals surface area (Å²) in [5.74, 6) is 0. The lowest BCUT2D eigenvalue weighted by Gasteiger charge is -2.06. The van der Waals surface area contributed by atoms with Crippen molar-refractivity contribution in [3.8, 4) is 6.07 Å². The van der Waals surface area contributed by atoms with E-state index < -0.39 is 0 Å². The normalized spacial score (nSPS) is 21.4. The van der Waals surface area contributed by atoms with E-state index in [1.807, 2.05) is 18.2 Å². The summed E-state index contributed by atoms with van der Waals surface area (Å²) >= 11 is 5.38. The van der Waals surface area contributed by atoms with E-state index in [-0.39, 0.29) is 0 Å². The fourth-order valence-electron chi connectivity index (χ4n) is 2.38. The molecule has 1 unspecified atom stereocenters. The lowest BCUT2D eigenvalue weighted by Crippen LogP contribution is -2.00. The van der Waals surface area contributed by atoms with Gasteiger partial charge in [0.1, 0.15) is 0 Å². The zero-order chi connectivity index (χ0) is 12.2. The van der Waals surface area contributed by atoms with Crippen LogP contribution < -0.4 is 0 Å². The first-order valence-electron chi connectivity index (χ1n) is 5.67. The Morgan fingerprint density at radius 2 is 2.24 bits per heavy atom. The molecule has 17 heavy (non-hydrogen) atoms. The first kappa shape index (κ1) is 10.5. The molecule has 0 spiro atoms. The highest BCUT2D eigenvalue weighted by Crippen LogP contribution is 2.56. The van der Waals surface area contributed by atoms with Crippen molar-refractivity contribution >= 4 is 23.3 Å². The standard InChI is InChI=1S/C13H13N3S/c1-13(2)6-11(13)16-10-5-8(7-14)3-4-9(10)15-12(16)17/h3-5,11H,6H2,1-2H3,(H,15,17). The van der Waals surface area contributed by atoms with Crippen LogP contribution in [0.25, 0.3) is 11.0 Å². The molecule has 1 atom stereocenters. The highest BCUT2D eigenvalue weighted by Gasteiger charge is 2.47. The van der Waals surface area contributed by atoms with Gasteiger partial charge in [-0.1, -0.05) is 13.8 Å². The van der Waals surface area contributed by atoms with Crippen molar-refractivity contribution < 1.29 is 0 Å². The number of H-pyrrole nitrogens is 1. The van der Waals surface area contributed by atoms with Gasteiger partial charge in [-0.3, -0.25) is 0 Å². The summed E-state index contributed by atoms with van der Waals surface area (Å²) in [5.41, 5.74) is 3.05. The number of aromatic nitrogens is 2. The SMILES string of the molecule is CC1(C)CC1n1c(=S)[nH]c2ccc(C#N)cc21. The number of nitrogens with zero attached hydrogens (tertiary/aromatic N) is 2. The summed E-state index contributed by atoms with van der Waals surface area (Å²) in [6.45, 7) is 4.48. The van der Waals surface area contributed by atoms with Gasteiger partial charge in [-0.25, -0.2) is 0 Å². The Morgan fingerprint density at radius 3 is 2.82 bits per heavy atom. The molecule has 0 bridgehead atoms. The Bertz CT molecular complexity index is 700. The molecule has 0 amide bonds. The molecule has 1 N–H and O–H groups in total. The van der Waals surface area contributed by atoms with Crippen LogP contribution in [0.2, 0.25) is 0 Å². The van der Waals surface area contributed by atoms with E-state index in [2.05, 4.69) is 29.5 Å². The molecule has 1 aromatic carbocycles. The molecule has 86 valence electrons. The molecule has 1 heterocycles. The summed E-state index contributed by atoms with van der Waals surface area (Å²) in [6, 6.07) is 8.28. The molecule has 4 heteroatoms. The second-order valence-corrected chi connectivity index (χ2v) is 5.74. The monoisotopic (exact) mass is 243 g/mol. The molecule has 1 aromatic heterocycles. The van der Waals surface area contributed by atoms with Gasteiger partial charge in [0.2, 0.25) is 0 Å². The third-order valence-electron chi connectivity index (χ3n) is 3.62. The van der Waals surface area contributed by atoms with Crippen LogP contribution >= 0.6 is 12.2 Å². The van der Waals surface area contributed by atoms with Crippen LogP contribution in [0.3, 0.4) is 0 Å². The minimum absolute atomic E-state index is 0.315. The molecule has 1 saturated carbocycles. The molecule has 1 aliphatic rings. The van der Waals surface area contributed by atoms with E-state index in [1.54, 1.807) is 0 Å². The van der Waals surface area contributed by atoms with Gasteiger partial charge in [0, 0.05) is 6.04 Å². The number of hydrogen-bond acceptors (Lipinski definition) is 2. The Labute approximate surface area is 105 Å². The smallest absolute Gasteiger partial charge is 0.178 e. The Balaban J connectivity index is 2.27. The van der Waals surface area contributed by atoms with E-state index >= 15 is 0 Å². The predicted molar refractivity (Wildman–Crippen MR) is 69.3 cm³/mol. The molecule has 0 aliphatic heterocycles. The Kier molecular flexibility index (Phi) is 1.99. The number of nitrogens with one attached hydrogen (secondary N) is 1. The van der Waals surface area contributed by atoms with Gasteiger partial charge in [-0.15, -0.1) is 0 Å². The van der Waals surface area contributed by atoms with Gasteiger partial charge >= 0.3 is 0 Å². The van der Waals surface area contributed by atoms with E-state index in [9.17, 15) is 0 Å². The average Bonchev–Trinajstić information content (AvgIpc) is 2.77. The number of benzene rings is 1. The van der Waals surface area contributed by atoms with Crippen molar-refractivity contribution in [1.29, 1.82) is 5.26 Å². The molecule has 1 fully saturated rings. The van der Waals surface area contributed by atoms with Gasteiger partial charge in [0.15, 0.2) is 4.77 Å². The lowest BCUT2D eigenvalue weighted by atomic mass is 10.2. The maximum atomic E-state index is 8.96. The molecule has 3 rings (SSSR count). The summed E-state index contributed by atoms with van der Waals surface area (Å²) in [4.78, 5) is 3.21. The van der Waals surface area contributed by atoms with E-state index in [1.165, 1.54) is 0 Å². The summed E-state index contributed by atoms with van der Waals surface area (Å²) in [6.07, 6.45) is 1.14. The van der Waals surface area contributed by atoms with Gasteiger partial charge < -0.3 is 9.55 Å². The fraction of sp³-hybridized carbons (Fsp3) is 0.385. The molecule has 1 aliphatic carbocycles. The zero-order valence-electron chi connectivity index (χ0n) is 9.82. The topological polar surface area (TPSA) is 44.5 Å². The van der Waals surface area contributed by atoms with Crippen LogP contribution in [0.1, 0.15) is 31.9 Å². The Hall–Kier alpha value is -1.60. The molecule has 0 radical (unpaired) electrons. The zero-order valence-corrected chi connectivity index (χ0v) is 10.6. The van der Waals surface area contributed by atoms with Gasteiger partial charge in [-0.05, 0) is 42.3 Å². The number of aromatic amines is 1. The van der Waals surface area contributed by atoms with Crippen LogP contribution in [-0.2, 0) is 0 Å². The third kappa shape index (κ3) is 1.50. The fourth-order valence-corrected chi connectivity index (χ4v) is 2.72. The predicted octanol–water partition coefficient (Wildman–Crippen LogP) is 3.54. The first-order chi connectivity index (χ1) is 8.03. The number of hydrogen-bond donors (Lipinski definition) is 1. The molecule has 3 nitrogen and oxygen atoms in total. The van der Waals surface area contributed by atoms with Crippen LogP contribution in [0, 0.1) is 21.5 Å². The molecule has 2 aromatic rings. The first-order valence-corrected chi connectivity index (χ1v) is 6.08. The lowest BCUT2D eigenvalue weighted by molar-refractivity contribution is 0.546. The van der Waals surface area contributed by atoms with Crippen LogP contribution in [0.5, 0.6) is 0 Å². The third-order valence-corrected chi connectivity index (χ3v) is 3.92. The largest absolute Gasteiger partial charge is 0.331 e. The van der Waals surface area contributed by atoms with E-state index in [4.69, 9.17) is 17.5 Å². The van der Waals surface area contributed by atoms with Crippen molar-refractivity contribution in [2.24, 2.45) is 5.41 Å². The molecular formula is C13H13N3S. The van der Waals surface area contributed by atoms with Gasteiger partial charge in [0.05, 0.1) is 22.7 Å². The number of rotatable bonds is 1. The van der Waals surface area contributed by atoms with Crippen molar-refractivity contribution in [2.75, 3.05) is 0 Å². The second-order valence-electron chi connectivity index (χ2n) is 5.35. The van der Waals surface area contributed by atoms with Gasteiger partial charge in [-0.2, -0.15) is 5.26 Å². The number of fused-ring (bicyclic) bond motifs is 1. The summed E-state index contributed by atoms with van der Waals surface area (Å²) < 4.78 is 2.91. The Morgan fingerprint density at radius 1 is 1.53 bits per heavy atom. The van der Waals surface area contributed by atoms with Crippen LogP contribution in [0.15, 0.2) is 18.2 Å². The highest BCUT2D eigenvalue weighted by molar-refractivity contribution is 7.71. The minimum Gasteiger partial charge on any atom is -0.331 e. The highest BCUT2D eigenvalue weighted by atomic mass is 32.1. The van der Waals surface area contributed by atoms with Gasteiger partial charge in [0.25, 0.3) is 0 Å². The number of imidazole rings is 1. The van der Waals surface area contributed by atoms with Crippen molar-refractivity contribution in [2.45, 2.75) is 26.3 Å². The van der Waals surface area contributed by atoms with Crippen molar-refractivity contribution in [3.63, 3.8) is 0 Å². The van der Waals surface area contributed by atoms with E-state index in [0.29, 0.717) is 17.0 Å². The molecular weight excluding hydrogens is 230 g/mol. The summed E-state index contributed by atoms with van der Waals surface area (Å²) in [5, 5.41) is 8.96. The van der Waals surface area contributed by atoms with Crippen LogP contribution in [0.4, 0.5) is 0 Å². The average molecular weight is 243 g/mol.